The predicted octanol–water partition coefficient (Wildman–Crippen LogP) is 0.489. The molecule has 0 aromatic carbocycles. The number of rotatable bonds is 3. The predicted molar refractivity (Wildman–Crippen MR) is 77.8 cm³/mol. The van der Waals surface area contributed by atoms with Gasteiger partial charge in [0.25, 0.3) is 5.91 Å². The zero-order valence-corrected chi connectivity index (χ0v) is 11.5. The molecule has 2 aromatic rings. The maximum Gasteiger partial charge on any atom is 0.269 e. The van der Waals surface area contributed by atoms with Crippen molar-refractivity contribution >= 4 is 23.1 Å². The molecule has 3 rings (SSSR count). The second kappa shape index (κ2) is 4.68. The van der Waals surface area contributed by atoms with Crippen molar-refractivity contribution in [2.24, 2.45) is 11.5 Å². The van der Waals surface area contributed by atoms with Crippen molar-refractivity contribution in [3.8, 4) is 5.82 Å². The van der Waals surface area contributed by atoms with Crippen LogP contribution in [0.25, 0.3) is 5.82 Å². The molecule has 2 heterocycles. The number of hydrogen-bond acceptors (Lipinski definition) is 4. The molecule has 102 valence electrons. The van der Waals surface area contributed by atoms with Gasteiger partial charge in [-0.05, 0) is 37.0 Å². The van der Waals surface area contributed by atoms with Gasteiger partial charge in [-0.2, -0.15) is 5.10 Å². The van der Waals surface area contributed by atoms with Gasteiger partial charge in [-0.15, -0.1) is 0 Å². The summed E-state index contributed by atoms with van der Waals surface area (Å²) in [5.41, 5.74) is 14.0. The van der Waals surface area contributed by atoms with E-state index in [4.69, 9.17) is 23.7 Å². The molecule has 20 heavy (non-hydrogen) atoms. The van der Waals surface area contributed by atoms with Gasteiger partial charge in [0.15, 0.2) is 5.82 Å². The molecule has 1 amide bonds. The minimum atomic E-state index is -0.582. The number of carbonyl (C=O) groups is 1. The number of hydrogen-bond donors (Lipinski definition) is 2. The zero-order chi connectivity index (χ0) is 14.3. The number of primary amides is 1. The molecule has 6 nitrogen and oxygen atoms in total. The lowest BCUT2D eigenvalue weighted by molar-refractivity contribution is 0.0995. The number of fused-ring (bicyclic) bond motifs is 1. The molecule has 4 N–H and O–H groups in total. The standard InChI is InChI=1S/C13H13N5OS/c14-11(19)10-4-5-18(17-10)13-8(12(15)20)6-7-2-1-3-9(7)16-13/h4-6H,1-3H2,(H2,14,19)(H2,15,20). The van der Waals surface area contributed by atoms with Crippen molar-refractivity contribution < 1.29 is 4.79 Å². The van der Waals surface area contributed by atoms with E-state index < -0.39 is 5.91 Å². The van der Waals surface area contributed by atoms with Gasteiger partial charge >= 0.3 is 0 Å². The highest BCUT2D eigenvalue weighted by atomic mass is 32.1. The lowest BCUT2D eigenvalue weighted by Crippen LogP contribution is -2.17. The van der Waals surface area contributed by atoms with E-state index in [2.05, 4.69) is 10.1 Å². The molecular formula is C13H13N5OS. The summed E-state index contributed by atoms with van der Waals surface area (Å²) in [5, 5.41) is 4.11. The van der Waals surface area contributed by atoms with Gasteiger partial charge in [0, 0.05) is 11.9 Å². The Labute approximate surface area is 120 Å². The van der Waals surface area contributed by atoms with Crippen LogP contribution < -0.4 is 11.5 Å². The number of thiocarbonyl (C=S) groups is 1. The third-order valence-corrected chi connectivity index (χ3v) is 3.57. The van der Waals surface area contributed by atoms with Gasteiger partial charge in [0.1, 0.15) is 10.7 Å². The molecule has 0 saturated heterocycles. The molecule has 0 fully saturated rings. The van der Waals surface area contributed by atoms with Gasteiger partial charge < -0.3 is 11.5 Å². The maximum absolute atomic E-state index is 11.1. The lowest BCUT2D eigenvalue weighted by atomic mass is 10.1. The molecule has 0 aliphatic heterocycles. The molecular weight excluding hydrogens is 274 g/mol. The quantitative estimate of drug-likeness (QED) is 0.800. The van der Waals surface area contributed by atoms with Crippen molar-refractivity contribution in [3.63, 3.8) is 0 Å². The molecule has 0 unspecified atom stereocenters. The number of aryl methyl sites for hydroxylation is 2. The first-order valence-corrected chi connectivity index (χ1v) is 6.65. The number of pyridine rings is 1. The summed E-state index contributed by atoms with van der Waals surface area (Å²) in [5.74, 6) is -0.0348. The van der Waals surface area contributed by atoms with E-state index in [1.54, 1.807) is 12.3 Å². The lowest BCUT2D eigenvalue weighted by Gasteiger charge is -2.10. The van der Waals surface area contributed by atoms with Crippen LogP contribution in [0.4, 0.5) is 0 Å². The molecule has 2 aromatic heterocycles. The minimum Gasteiger partial charge on any atom is -0.389 e. The first-order chi connectivity index (χ1) is 9.56. The Balaban J connectivity index is 2.16. The highest BCUT2D eigenvalue weighted by Gasteiger charge is 2.19. The van der Waals surface area contributed by atoms with Crippen LogP contribution in [0.15, 0.2) is 18.3 Å². The van der Waals surface area contributed by atoms with Crippen LogP contribution in [-0.2, 0) is 12.8 Å². The van der Waals surface area contributed by atoms with Crippen LogP contribution >= 0.6 is 12.2 Å². The average molecular weight is 287 g/mol. The number of amides is 1. The van der Waals surface area contributed by atoms with E-state index in [9.17, 15) is 4.79 Å². The highest BCUT2D eigenvalue weighted by Crippen LogP contribution is 2.24. The topological polar surface area (TPSA) is 99.8 Å². The van der Waals surface area contributed by atoms with E-state index in [1.807, 2.05) is 6.07 Å². The summed E-state index contributed by atoms with van der Waals surface area (Å²) in [6.07, 6.45) is 4.63. The normalized spacial score (nSPS) is 13.2. The molecule has 0 saturated carbocycles. The second-order valence-electron chi connectivity index (χ2n) is 4.69. The molecule has 7 heteroatoms. The fourth-order valence-corrected chi connectivity index (χ4v) is 2.54. The first kappa shape index (κ1) is 12.7. The third-order valence-electron chi connectivity index (χ3n) is 3.35. The number of nitrogens with two attached hydrogens (primary N) is 2. The Kier molecular flexibility index (Phi) is 2.98. The summed E-state index contributed by atoms with van der Waals surface area (Å²) in [6.45, 7) is 0. The second-order valence-corrected chi connectivity index (χ2v) is 5.13. The van der Waals surface area contributed by atoms with Crippen molar-refractivity contribution in [2.75, 3.05) is 0 Å². The van der Waals surface area contributed by atoms with E-state index in [1.165, 1.54) is 10.2 Å². The Hall–Kier alpha value is -2.28. The molecule has 0 bridgehead atoms. The molecule has 1 aliphatic carbocycles. The molecule has 0 radical (unpaired) electrons. The molecule has 1 aliphatic rings. The SMILES string of the molecule is NC(=O)c1ccn(-c2nc3c(cc2C(N)=S)CCC3)n1. The third kappa shape index (κ3) is 2.05. The van der Waals surface area contributed by atoms with E-state index >= 15 is 0 Å². The van der Waals surface area contributed by atoms with Crippen LogP contribution in [0.1, 0.15) is 33.7 Å². The van der Waals surface area contributed by atoms with Gasteiger partial charge in [0.2, 0.25) is 0 Å². The number of carbonyl (C=O) groups excluding carboxylic acids is 1. The Morgan fingerprint density at radius 3 is 2.80 bits per heavy atom. The summed E-state index contributed by atoms with van der Waals surface area (Å²) in [6, 6.07) is 3.51. The van der Waals surface area contributed by atoms with Crippen molar-refractivity contribution in [2.45, 2.75) is 19.3 Å². The summed E-state index contributed by atoms with van der Waals surface area (Å²) in [4.78, 5) is 16.0. The van der Waals surface area contributed by atoms with Crippen LogP contribution in [0.3, 0.4) is 0 Å². The van der Waals surface area contributed by atoms with Gasteiger partial charge in [-0.25, -0.2) is 9.67 Å². The fourth-order valence-electron chi connectivity index (χ4n) is 2.39. The van der Waals surface area contributed by atoms with Gasteiger partial charge in [-0.3, -0.25) is 4.79 Å². The summed E-state index contributed by atoms with van der Waals surface area (Å²) in [7, 11) is 0. The Bertz CT molecular complexity index is 722. The van der Waals surface area contributed by atoms with Gasteiger partial charge in [-0.1, -0.05) is 12.2 Å². The van der Waals surface area contributed by atoms with E-state index in [0.29, 0.717) is 11.4 Å². The van der Waals surface area contributed by atoms with E-state index in [-0.39, 0.29) is 10.7 Å². The van der Waals surface area contributed by atoms with Crippen LogP contribution in [0.2, 0.25) is 0 Å². The fraction of sp³-hybridized carbons (Fsp3) is 0.231. The Morgan fingerprint density at radius 1 is 1.35 bits per heavy atom. The highest BCUT2D eigenvalue weighted by molar-refractivity contribution is 7.80. The monoisotopic (exact) mass is 287 g/mol. The summed E-state index contributed by atoms with van der Waals surface area (Å²) < 4.78 is 1.49. The molecule has 0 spiro atoms. The Morgan fingerprint density at radius 2 is 2.15 bits per heavy atom. The zero-order valence-electron chi connectivity index (χ0n) is 10.7. The maximum atomic E-state index is 11.1. The van der Waals surface area contributed by atoms with E-state index in [0.717, 1.165) is 25.0 Å². The van der Waals surface area contributed by atoms with Crippen molar-refractivity contribution in [3.05, 3.63) is 40.8 Å². The number of aromatic nitrogens is 3. The minimum absolute atomic E-state index is 0.182. The van der Waals surface area contributed by atoms with Crippen LogP contribution in [0.5, 0.6) is 0 Å². The van der Waals surface area contributed by atoms with Crippen LogP contribution in [0, 0.1) is 0 Å². The van der Waals surface area contributed by atoms with Crippen molar-refractivity contribution in [1.82, 2.24) is 14.8 Å². The number of nitrogens with zero attached hydrogens (tertiary/aromatic N) is 3. The van der Waals surface area contributed by atoms with Crippen molar-refractivity contribution in [1.29, 1.82) is 0 Å². The van der Waals surface area contributed by atoms with Gasteiger partial charge in [0.05, 0.1) is 5.56 Å². The largest absolute Gasteiger partial charge is 0.389 e. The smallest absolute Gasteiger partial charge is 0.269 e. The first-order valence-electron chi connectivity index (χ1n) is 6.24. The molecule has 0 atom stereocenters. The summed E-state index contributed by atoms with van der Waals surface area (Å²) >= 11 is 5.08. The van der Waals surface area contributed by atoms with Crippen LogP contribution in [-0.4, -0.2) is 25.7 Å². The average Bonchev–Trinajstić information content (AvgIpc) is 3.05.